The Morgan fingerprint density at radius 1 is 1.35 bits per heavy atom. The van der Waals surface area contributed by atoms with Crippen LogP contribution >= 0.6 is 0 Å². The Bertz CT molecular complexity index is 338. The SMILES string of the molecule is CCS(=O)(=O)CCCN1CCNCC1C1CC1. The molecule has 1 heterocycles. The monoisotopic (exact) mass is 260 g/mol. The van der Waals surface area contributed by atoms with Crippen LogP contribution in [0, 0.1) is 5.92 Å². The van der Waals surface area contributed by atoms with Gasteiger partial charge in [-0.3, -0.25) is 4.90 Å². The second-order valence-electron chi connectivity index (χ2n) is 5.23. The summed E-state index contributed by atoms with van der Waals surface area (Å²) >= 11 is 0. The molecule has 1 aliphatic carbocycles. The molecular weight excluding hydrogens is 236 g/mol. The summed E-state index contributed by atoms with van der Waals surface area (Å²) in [5.74, 6) is 1.50. The minimum Gasteiger partial charge on any atom is -0.314 e. The van der Waals surface area contributed by atoms with Gasteiger partial charge in [0.2, 0.25) is 0 Å². The third-order valence-electron chi connectivity index (χ3n) is 3.90. The molecule has 0 spiro atoms. The zero-order valence-corrected chi connectivity index (χ0v) is 11.5. The van der Waals surface area contributed by atoms with Crippen LogP contribution in [0.4, 0.5) is 0 Å². The van der Waals surface area contributed by atoms with Gasteiger partial charge in [-0.1, -0.05) is 6.92 Å². The topological polar surface area (TPSA) is 49.4 Å². The first-order valence-corrected chi connectivity index (χ1v) is 8.59. The lowest BCUT2D eigenvalue weighted by molar-refractivity contribution is 0.144. The fourth-order valence-electron chi connectivity index (χ4n) is 2.62. The predicted molar refractivity (Wildman–Crippen MR) is 69.9 cm³/mol. The van der Waals surface area contributed by atoms with Crippen LogP contribution in [0.1, 0.15) is 26.2 Å². The van der Waals surface area contributed by atoms with Gasteiger partial charge < -0.3 is 5.32 Å². The summed E-state index contributed by atoms with van der Waals surface area (Å²) in [6, 6.07) is 0.660. The molecule has 0 aromatic rings. The molecule has 0 radical (unpaired) electrons. The highest BCUT2D eigenvalue weighted by molar-refractivity contribution is 7.91. The van der Waals surface area contributed by atoms with Gasteiger partial charge in [0.25, 0.3) is 0 Å². The normalized spacial score (nSPS) is 27.2. The first kappa shape index (κ1) is 13.3. The highest BCUT2D eigenvalue weighted by Gasteiger charge is 2.36. The Morgan fingerprint density at radius 2 is 2.12 bits per heavy atom. The van der Waals surface area contributed by atoms with E-state index in [9.17, 15) is 8.42 Å². The Labute approximate surface area is 105 Å². The molecule has 1 unspecified atom stereocenters. The van der Waals surface area contributed by atoms with Gasteiger partial charge >= 0.3 is 0 Å². The first-order valence-electron chi connectivity index (χ1n) is 6.77. The minimum atomic E-state index is -2.78. The summed E-state index contributed by atoms with van der Waals surface area (Å²) in [6.07, 6.45) is 3.51. The number of piperazine rings is 1. The summed E-state index contributed by atoms with van der Waals surface area (Å²) < 4.78 is 22.9. The largest absolute Gasteiger partial charge is 0.314 e. The summed E-state index contributed by atoms with van der Waals surface area (Å²) in [5.41, 5.74) is 0. The molecule has 1 aliphatic heterocycles. The molecule has 0 bridgehead atoms. The molecule has 0 amide bonds. The number of nitrogens with one attached hydrogen (secondary N) is 1. The quantitative estimate of drug-likeness (QED) is 0.755. The lowest BCUT2D eigenvalue weighted by Gasteiger charge is -2.36. The summed E-state index contributed by atoms with van der Waals surface area (Å²) in [6.45, 7) is 5.89. The van der Waals surface area contributed by atoms with Crippen LogP contribution in [-0.4, -0.2) is 57.0 Å². The van der Waals surface area contributed by atoms with Crippen molar-refractivity contribution in [3.63, 3.8) is 0 Å². The standard InChI is InChI=1S/C12H24N2O2S/c1-2-17(15,16)9-3-7-14-8-6-13-10-12(14)11-4-5-11/h11-13H,2-10H2,1H3. The molecule has 1 saturated carbocycles. The maximum absolute atomic E-state index is 11.4. The van der Waals surface area contributed by atoms with Crippen LogP contribution in [0.5, 0.6) is 0 Å². The summed E-state index contributed by atoms with van der Waals surface area (Å²) in [4.78, 5) is 2.50. The molecule has 2 rings (SSSR count). The fraction of sp³-hybridized carbons (Fsp3) is 1.00. The Balaban J connectivity index is 1.76. The lowest BCUT2D eigenvalue weighted by Crippen LogP contribution is -2.52. The van der Waals surface area contributed by atoms with E-state index in [1.807, 2.05) is 0 Å². The van der Waals surface area contributed by atoms with E-state index >= 15 is 0 Å². The third-order valence-corrected chi connectivity index (χ3v) is 5.70. The van der Waals surface area contributed by atoms with E-state index in [0.29, 0.717) is 11.8 Å². The highest BCUT2D eigenvalue weighted by Crippen LogP contribution is 2.35. The molecule has 1 atom stereocenters. The van der Waals surface area contributed by atoms with E-state index < -0.39 is 9.84 Å². The average Bonchev–Trinajstić information content (AvgIpc) is 3.14. The maximum Gasteiger partial charge on any atom is 0.150 e. The number of rotatable bonds is 6. The second-order valence-corrected chi connectivity index (χ2v) is 7.71. The predicted octanol–water partition coefficient (Wildman–Crippen LogP) is 0.495. The van der Waals surface area contributed by atoms with Gasteiger partial charge in [-0.25, -0.2) is 8.42 Å². The van der Waals surface area contributed by atoms with E-state index in [-0.39, 0.29) is 5.75 Å². The average molecular weight is 260 g/mol. The molecule has 0 aromatic heterocycles. The van der Waals surface area contributed by atoms with E-state index in [1.54, 1.807) is 6.92 Å². The molecule has 2 aliphatic rings. The number of sulfone groups is 1. The highest BCUT2D eigenvalue weighted by atomic mass is 32.2. The van der Waals surface area contributed by atoms with Crippen molar-refractivity contribution >= 4 is 9.84 Å². The van der Waals surface area contributed by atoms with Crippen molar-refractivity contribution in [3.8, 4) is 0 Å². The van der Waals surface area contributed by atoms with E-state index in [0.717, 1.165) is 38.5 Å². The van der Waals surface area contributed by atoms with Crippen LogP contribution in [-0.2, 0) is 9.84 Å². The van der Waals surface area contributed by atoms with Gasteiger partial charge in [0.15, 0.2) is 0 Å². The molecule has 1 saturated heterocycles. The van der Waals surface area contributed by atoms with Crippen LogP contribution in [0.25, 0.3) is 0 Å². The van der Waals surface area contributed by atoms with Crippen molar-refractivity contribution in [3.05, 3.63) is 0 Å². The summed E-state index contributed by atoms with van der Waals surface area (Å²) in [7, 11) is -2.78. The van der Waals surface area contributed by atoms with Crippen molar-refractivity contribution < 1.29 is 8.42 Å². The van der Waals surface area contributed by atoms with Gasteiger partial charge in [0.1, 0.15) is 9.84 Å². The number of nitrogens with zero attached hydrogens (tertiary/aromatic N) is 1. The zero-order chi connectivity index (χ0) is 12.3. The molecular formula is C12H24N2O2S. The van der Waals surface area contributed by atoms with Gasteiger partial charge in [-0.15, -0.1) is 0 Å². The van der Waals surface area contributed by atoms with Gasteiger partial charge in [-0.2, -0.15) is 0 Å². The second kappa shape index (κ2) is 5.67. The van der Waals surface area contributed by atoms with Crippen molar-refractivity contribution in [1.29, 1.82) is 0 Å². The van der Waals surface area contributed by atoms with E-state index in [4.69, 9.17) is 0 Å². The molecule has 0 aromatic carbocycles. The maximum atomic E-state index is 11.4. The zero-order valence-electron chi connectivity index (χ0n) is 10.7. The van der Waals surface area contributed by atoms with Gasteiger partial charge in [-0.05, 0) is 31.7 Å². The Hall–Kier alpha value is -0.130. The van der Waals surface area contributed by atoms with Gasteiger partial charge in [0, 0.05) is 31.4 Å². The van der Waals surface area contributed by atoms with Gasteiger partial charge in [0.05, 0.1) is 5.75 Å². The number of hydrogen-bond acceptors (Lipinski definition) is 4. The smallest absolute Gasteiger partial charge is 0.150 e. The van der Waals surface area contributed by atoms with Crippen molar-refractivity contribution in [2.45, 2.75) is 32.2 Å². The Morgan fingerprint density at radius 3 is 2.76 bits per heavy atom. The summed E-state index contributed by atoms with van der Waals surface area (Å²) in [5, 5.41) is 3.44. The molecule has 5 heteroatoms. The number of hydrogen-bond donors (Lipinski definition) is 1. The molecule has 100 valence electrons. The van der Waals surface area contributed by atoms with Crippen molar-refractivity contribution in [2.24, 2.45) is 5.92 Å². The fourth-order valence-corrected chi connectivity index (χ4v) is 3.48. The molecule has 4 nitrogen and oxygen atoms in total. The van der Waals surface area contributed by atoms with Crippen LogP contribution < -0.4 is 5.32 Å². The molecule has 17 heavy (non-hydrogen) atoms. The first-order chi connectivity index (χ1) is 8.12. The molecule has 1 N–H and O–H groups in total. The minimum absolute atomic E-state index is 0.278. The van der Waals surface area contributed by atoms with Crippen molar-refractivity contribution in [2.75, 3.05) is 37.7 Å². The van der Waals surface area contributed by atoms with Crippen LogP contribution in [0.2, 0.25) is 0 Å². The van der Waals surface area contributed by atoms with E-state index in [1.165, 1.54) is 12.8 Å². The van der Waals surface area contributed by atoms with E-state index in [2.05, 4.69) is 10.2 Å². The molecule has 2 fully saturated rings. The third kappa shape index (κ3) is 3.93. The Kier molecular flexibility index (Phi) is 4.44. The van der Waals surface area contributed by atoms with Crippen molar-refractivity contribution in [1.82, 2.24) is 10.2 Å². The van der Waals surface area contributed by atoms with Crippen LogP contribution in [0.3, 0.4) is 0 Å². The lowest BCUT2D eigenvalue weighted by atomic mass is 10.1. The van der Waals surface area contributed by atoms with Crippen LogP contribution in [0.15, 0.2) is 0 Å².